The van der Waals surface area contributed by atoms with E-state index in [0.29, 0.717) is 22.5 Å². The van der Waals surface area contributed by atoms with Crippen molar-refractivity contribution in [3.05, 3.63) is 72.7 Å². The van der Waals surface area contributed by atoms with Crippen molar-refractivity contribution in [3.8, 4) is 5.75 Å². The van der Waals surface area contributed by atoms with Gasteiger partial charge in [-0.1, -0.05) is 12.1 Å². The Balaban J connectivity index is 1.79. The molecule has 0 radical (unpaired) electrons. The van der Waals surface area contributed by atoms with Gasteiger partial charge in [-0.25, -0.2) is 18.4 Å². The van der Waals surface area contributed by atoms with Crippen molar-refractivity contribution in [1.29, 1.82) is 0 Å². The molecule has 0 saturated carbocycles. The summed E-state index contributed by atoms with van der Waals surface area (Å²) in [7, 11) is -2.54. The van der Waals surface area contributed by atoms with Crippen LogP contribution in [0.1, 0.15) is 5.76 Å². The van der Waals surface area contributed by atoms with Crippen molar-refractivity contribution >= 4 is 44.1 Å². The molecule has 0 aliphatic heterocycles. The topological polar surface area (TPSA) is 126 Å². The van der Waals surface area contributed by atoms with Gasteiger partial charge in [0.2, 0.25) is 9.84 Å². The average molecular weight is 447 g/mol. The Kier molecular flexibility index (Phi) is 4.63. The summed E-state index contributed by atoms with van der Waals surface area (Å²) in [6.07, 6.45) is 2.93. The van der Waals surface area contributed by atoms with Gasteiger partial charge >= 0.3 is 0 Å². The van der Waals surface area contributed by atoms with E-state index in [-0.39, 0.29) is 26.8 Å². The Morgan fingerprint density at radius 3 is 2.41 bits per heavy atom. The summed E-state index contributed by atoms with van der Waals surface area (Å²) in [6.45, 7) is 0. The highest BCUT2D eigenvalue weighted by Crippen LogP contribution is 2.35. The van der Waals surface area contributed by atoms with Crippen molar-refractivity contribution in [1.82, 2.24) is 14.6 Å². The Morgan fingerprint density at radius 2 is 1.75 bits per heavy atom. The quantitative estimate of drug-likeness (QED) is 0.409. The summed E-state index contributed by atoms with van der Waals surface area (Å²) < 4.78 is 38.8. The standard InChI is InChI=1S/C22H17N5O4S/c1-30-14-8-10-16(11-9-14)32(28,29)20-19-22(26-18-7-3-2-6-17(18)25-19)27(21(20)23)24-13-15-5-4-12-31-15/h2-13H,23H2,1H3/b24-13-. The first-order valence-corrected chi connectivity index (χ1v) is 11.0. The summed E-state index contributed by atoms with van der Waals surface area (Å²) in [5.74, 6) is 0.904. The number of nitrogens with two attached hydrogens (primary N) is 1. The van der Waals surface area contributed by atoms with Crippen molar-refractivity contribution in [2.24, 2.45) is 5.10 Å². The number of nitrogen functional groups attached to an aromatic ring is 1. The van der Waals surface area contributed by atoms with E-state index < -0.39 is 9.84 Å². The molecule has 9 nitrogen and oxygen atoms in total. The maximum Gasteiger partial charge on any atom is 0.212 e. The number of furan rings is 1. The lowest BCUT2D eigenvalue weighted by Gasteiger charge is -2.06. The minimum absolute atomic E-state index is 0.0500. The molecular weight excluding hydrogens is 430 g/mol. The number of hydrogen-bond donors (Lipinski definition) is 1. The highest BCUT2D eigenvalue weighted by atomic mass is 32.2. The minimum atomic E-state index is -4.04. The highest BCUT2D eigenvalue weighted by molar-refractivity contribution is 7.92. The fraction of sp³-hybridized carbons (Fsp3) is 0.0455. The van der Waals surface area contributed by atoms with Crippen molar-refractivity contribution in [3.63, 3.8) is 0 Å². The predicted molar refractivity (Wildman–Crippen MR) is 120 cm³/mol. The molecule has 0 bridgehead atoms. The largest absolute Gasteiger partial charge is 0.497 e. The number of anilines is 1. The normalized spacial score (nSPS) is 12.2. The molecule has 2 N–H and O–H groups in total. The molecule has 160 valence electrons. The van der Waals surface area contributed by atoms with Crippen LogP contribution in [0.5, 0.6) is 5.75 Å². The number of methoxy groups -OCH3 is 1. The van der Waals surface area contributed by atoms with E-state index in [1.54, 1.807) is 42.5 Å². The molecule has 0 atom stereocenters. The Bertz CT molecular complexity index is 1570. The maximum atomic E-state index is 13.6. The van der Waals surface area contributed by atoms with Crippen molar-refractivity contribution in [2.75, 3.05) is 12.8 Å². The van der Waals surface area contributed by atoms with Crippen LogP contribution in [-0.2, 0) is 9.84 Å². The molecule has 3 aromatic heterocycles. The predicted octanol–water partition coefficient (Wildman–Crippen LogP) is 3.48. The van der Waals surface area contributed by atoms with E-state index in [2.05, 4.69) is 15.1 Å². The molecule has 0 aliphatic carbocycles. The second kappa shape index (κ2) is 7.50. The number of benzene rings is 2. The molecule has 3 heterocycles. The summed E-state index contributed by atoms with van der Waals surface area (Å²) >= 11 is 0. The number of rotatable bonds is 5. The Hall–Kier alpha value is -4.18. The summed E-state index contributed by atoms with van der Waals surface area (Å²) in [4.78, 5) is 9.04. The van der Waals surface area contributed by atoms with Gasteiger partial charge in [-0.05, 0) is 48.5 Å². The van der Waals surface area contributed by atoms with Gasteiger partial charge in [0.1, 0.15) is 27.7 Å². The van der Waals surface area contributed by atoms with Crippen LogP contribution in [0.3, 0.4) is 0 Å². The van der Waals surface area contributed by atoms with Crippen molar-refractivity contribution < 1.29 is 17.6 Å². The maximum absolute atomic E-state index is 13.6. The van der Waals surface area contributed by atoms with Gasteiger partial charge in [0.25, 0.3) is 0 Å². The lowest BCUT2D eigenvalue weighted by atomic mass is 10.3. The molecule has 0 fully saturated rings. The third kappa shape index (κ3) is 3.17. The summed E-state index contributed by atoms with van der Waals surface area (Å²) in [5, 5.41) is 4.32. The lowest BCUT2D eigenvalue weighted by Crippen LogP contribution is -2.06. The van der Waals surface area contributed by atoms with Crippen LogP contribution in [0.25, 0.3) is 22.2 Å². The van der Waals surface area contributed by atoms with Crippen LogP contribution in [0.2, 0.25) is 0 Å². The van der Waals surface area contributed by atoms with Crippen LogP contribution in [0.15, 0.2) is 86.2 Å². The molecule has 10 heteroatoms. The van der Waals surface area contributed by atoms with E-state index in [1.807, 2.05) is 6.07 Å². The number of sulfone groups is 1. The molecule has 2 aromatic carbocycles. The van der Waals surface area contributed by atoms with Gasteiger partial charge in [0.15, 0.2) is 5.65 Å². The molecule has 0 aliphatic rings. The van der Waals surface area contributed by atoms with E-state index in [1.165, 1.54) is 36.4 Å². The first kappa shape index (κ1) is 19.8. The number of fused-ring (bicyclic) bond motifs is 2. The Morgan fingerprint density at radius 1 is 1.03 bits per heavy atom. The first-order valence-electron chi connectivity index (χ1n) is 9.53. The number of hydrogen-bond acceptors (Lipinski definition) is 8. The second-order valence-electron chi connectivity index (χ2n) is 6.85. The minimum Gasteiger partial charge on any atom is -0.497 e. The lowest BCUT2D eigenvalue weighted by molar-refractivity contribution is 0.414. The van der Waals surface area contributed by atoms with E-state index in [0.717, 1.165) is 0 Å². The SMILES string of the molecule is COc1ccc(S(=O)(=O)c2c(N)n(/N=C\c3ccco3)c3nc4ccccc4nc23)cc1. The van der Waals surface area contributed by atoms with Crippen LogP contribution in [-0.4, -0.2) is 36.4 Å². The molecule has 32 heavy (non-hydrogen) atoms. The molecule has 0 unspecified atom stereocenters. The van der Waals surface area contributed by atoms with E-state index >= 15 is 0 Å². The van der Waals surface area contributed by atoms with E-state index in [4.69, 9.17) is 14.9 Å². The Labute approximate surface area is 182 Å². The molecular formula is C22H17N5O4S. The van der Waals surface area contributed by atoms with Crippen LogP contribution in [0, 0.1) is 0 Å². The number of aromatic nitrogens is 3. The zero-order valence-electron chi connectivity index (χ0n) is 16.8. The van der Waals surface area contributed by atoms with Gasteiger partial charge < -0.3 is 14.9 Å². The fourth-order valence-corrected chi connectivity index (χ4v) is 4.84. The second-order valence-corrected chi connectivity index (χ2v) is 8.74. The van der Waals surface area contributed by atoms with Gasteiger partial charge in [-0.15, -0.1) is 0 Å². The van der Waals surface area contributed by atoms with Gasteiger partial charge in [0, 0.05) is 0 Å². The zero-order valence-corrected chi connectivity index (χ0v) is 17.7. The fourth-order valence-electron chi connectivity index (χ4n) is 3.36. The van der Waals surface area contributed by atoms with Crippen LogP contribution in [0.4, 0.5) is 5.82 Å². The molecule has 0 spiro atoms. The highest BCUT2D eigenvalue weighted by Gasteiger charge is 2.30. The summed E-state index contributed by atoms with van der Waals surface area (Å²) in [6, 6.07) is 16.6. The van der Waals surface area contributed by atoms with Crippen LogP contribution < -0.4 is 10.5 Å². The van der Waals surface area contributed by atoms with E-state index in [9.17, 15) is 8.42 Å². The summed E-state index contributed by atoms with van der Waals surface area (Å²) in [5.41, 5.74) is 7.81. The van der Waals surface area contributed by atoms with Gasteiger partial charge in [0.05, 0.1) is 35.5 Å². The number of para-hydroxylation sites is 2. The molecule has 5 rings (SSSR count). The van der Waals surface area contributed by atoms with Gasteiger partial charge in [-0.3, -0.25) is 0 Å². The monoisotopic (exact) mass is 447 g/mol. The third-order valence-electron chi connectivity index (χ3n) is 4.91. The molecule has 0 saturated heterocycles. The first-order chi connectivity index (χ1) is 15.5. The smallest absolute Gasteiger partial charge is 0.212 e. The molecule has 0 amide bonds. The zero-order chi connectivity index (χ0) is 22.3. The molecule has 5 aromatic rings. The van der Waals surface area contributed by atoms with Gasteiger partial charge in [-0.2, -0.15) is 9.78 Å². The van der Waals surface area contributed by atoms with Crippen molar-refractivity contribution in [2.45, 2.75) is 9.79 Å². The average Bonchev–Trinajstić information content (AvgIpc) is 3.41. The van der Waals surface area contributed by atoms with Crippen LogP contribution >= 0.6 is 0 Å². The number of nitrogens with zero attached hydrogens (tertiary/aromatic N) is 4. The number of ether oxygens (including phenoxy) is 1. The third-order valence-corrected chi connectivity index (χ3v) is 6.74.